The van der Waals surface area contributed by atoms with Crippen LogP contribution in [0.4, 0.5) is 22.0 Å². The fourth-order valence-corrected chi connectivity index (χ4v) is 6.89. The number of para-hydroxylation sites is 1. The van der Waals surface area contributed by atoms with E-state index in [0.717, 1.165) is 55.3 Å². The number of halogens is 5. The number of piperidine rings is 1. The van der Waals surface area contributed by atoms with Crippen molar-refractivity contribution < 1.29 is 56.8 Å². The number of alkyl halides is 3. The van der Waals surface area contributed by atoms with E-state index in [1.54, 1.807) is 33.7 Å². The van der Waals surface area contributed by atoms with Crippen molar-refractivity contribution in [2.45, 2.75) is 63.6 Å². The highest BCUT2D eigenvalue weighted by Crippen LogP contribution is 2.31. The molecule has 6 rings (SSSR count). The number of amides is 1. The molecule has 0 bridgehead atoms. The van der Waals surface area contributed by atoms with E-state index >= 15 is 0 Å². The van der Waals surface area contributed by atoms with E-state index in [-0.39, 0.29) is 36.3 Å². The molecule has 2 atom stereocenters. The van der Waals surface area contributed by atoms with Gasteiger partial charge in [-0.25, -0.2) is 18.4 Å². The lowest BCUT2D eigenvalue weighted by Gasteiger charge is -2.31. The van der Waals surface area contributed by atoms with E-state index in [1.807, 2.05) is 24.3 Å². The zero-order chi connectivity index (χ0) is 43.6. The first kappa shape index (κ1) is 45.1. The molecule has 0 aliphatic carbocycles. The van der Waals surface area contributed by atoms with Gasteiger partial charge in [0.25, 0.3) is 0 Å². The number of fused-ring (bicyclic) bond motifs is 1. The number of carboxylic acid groups (broad SMARTS) is 2. The van der Waals surface area contributed by atoms with Crippen LogP contribution < -0.4 is 5.43 Å². The summed E-state index contributed by atoms with van der Waals surface area (Å²) in [5.41, 5.74) is 2.66. The van der Waals surface area contributed by atoms with Gasteiger partial charge in [-0.3, -0.25) is 9.59 Å². The second-order valence-electron chi connectivity index (χ2n) is 14.4. The molecule has 2 unspecified atom stereocenters. The minimum absolute atomic E-state index is 0.0641. The molecule has 60 heavy (non-hydrogen) atoms. The highest BCUT2D eigenvalue weighted by Gasteiger charge is 2.30. The van der Waals surface area contributed by atoms with Crippen LogP contribution in [0.25, 0.3) is 22.0 Å². The maximum Gasteiger partial charge on any atom is 0.416 e. The van der Waals surface area contributed by atoms with Crippen molar-refractivity contribution in [2.75, 3.05) is 26.2 Å². The number of likely N-dealkylation sites (tertiary alicyclic amines) is 1. The Balaban J connectivity index is 0.000000606. The summed E-state index contributed by atoms with van der Waals surface area (Å²) in [4.78, 5) is 51.1. The number of hydrogen-bond acceptors (Lipinski definition) is 7. The van der Waals surface area contributed by atoms with Crippen LogP contribution in [0.15, 0.2) is 102 Å². The molecule has 0 radical (unpaired) electrons. The fourth-order valence-electron chi connectivity index (χ4n) is 6.89. The second kappa shape index (κ2) is 20.3. The van der Waals surface area contributed by atoms with Crippen molar-refractivity contribution in [1.82, 2.24) is 14.4 Å². The molecule has 1 aromatic heterocycles. The summed E-state index contributed by atoms with van der Waals surface area (Å²) in [5.74, 6) is -5.57. The Bertz CT molecular complexity index is 2310. The zero-order valence-corrected chi connectivity index (χ0v) is 32.3. The first-order valence-electron chi connectivity index (χ1n) is 19.2. The molecule has 1 amide bonds. The maximum absolute atomic E-state index is 14.5. The first-order valence-corrected chi connectivity index (χ1v) is 19.2. The van der Waals surface area contributed by atoms with Crippen molar-refractivity contribution in [3.05, 3.63) is 141 Å². The van der Waals surface area contributed by atoms with Gasteiger partial charge in [-0.2, -0.15) is 13.2 Å². The highest BCUT2D eigenvalue weighted by atomic mass is 19.4. The highest BCUT2D eigenvalue weighted by molar-refractivity contribution is 5.83. The van der Waals surface area contributed by atoms with Gasteiger partial charge in [-0.05, 0) is 91.4 Å². The van der Waals surface area contributed by atoms with Crippen molar-refractivity contribution in [1.29, 1.82) is 0 Å². The molecule has 1 aliphatic heterocycles. The summed E-state index contributed by atoms with van der Waals surface area (Å²) >= 11 is 0. The number of aromatic nitrogens is 1. The van der Waals surface area contributed by atoms with Gasteiger partial charge >= 0.3 is 18.1 Å². The fraction of sp³-hybridized carbons (Fsp3) is 0.318. The van der Waals surface area contributed by atoms with Crippen LogP contribution in [0.1, 0.15) is 41.6 Å². The molecule has 4 N–H and O–H groups in total. The Morgan fingerprint density at radius 2 is 1.35 bits per heavy atom. The number of carbonyl (C=O) groups is 3. The third-order valence-electron chi connectivity index (χ3n) is 10.2. The number of carbonyl (C=O) groups excluding carboxylic acids is 1. The van der Waals surface area contributed by atoms with Gasteiger partial charge in [0.2, 0.25) is 5.91 Å². The normalized spacial score (nSPS) is 14.2. The molecule has 2 heterocycles. The lowest BCUT2D eigenvalue weighted by Crippen LogP contribution is -2.41. The summed E-state index contributed by atoms with van der Waals surface area (Å²) < 4.78 is 69.4. The summed E-state index contributed by atoms with van der Waals surface area (Å²) in [6.45, 7) is 3.35. The van der Waals surface area contributed by atoms with Crippen LogP contribution in [0, 0.1) is 11.6 Å². The van der Waals surface area contributed by atoms with Crippen molar-refractivity contribution >= 4 is 28.7 Å². The van der Waals surface area contributed by atoms with Gasteiger partial charge in [-0.1, -0.05) is 67.1 Å². The maximum atomic E-state index is 14.5. The van der Waals surface area contributed by atoms with E-state index in [2.05, 4.69) is 4.90 Å². The van der Waals surface area contributed by atoms with Gasteiger partial charge in [0, 0.05) is 36.8 Å². The molecule has 1 aliphatic rings. The Kier molecular flexibility index (Phi) is 15.3. The molecule has 4 aromatic carbocycles. The van der Waals surface area contributed by atoms with E-state index in [1.165, 1.54) is 36.8 Å². The number of aliphatic hydroxyl groups excluding tert-OH is 2. The number of aliphatic hydroxyl groups is 2. The molecule has 0 spiro atoms. The Morgan fingerprint density at radius 1 is 0.750 bits per heavy atom. The predicted molar refractivity (Wildman–Crippen MR) is 212 cm³/mol. The number of rotatable bonds is 14. The SMILES string of the molecule is O=C(Cn1c(CCc2cccc(F)c2F)cc(=O)c2ccccc21)N(CCN1CCCCC1)Cc1ccc(-c2ccc(C(F)(F)F)cc2)cc1.O=C(O)C(O)C(O)C(=O)O. The van der Waals surface area contributed by atoms with Gasteiger partial charge in [0.05, 0.1) is 11.1 Å². The van der Waals surface area contributed by atoms with E-state index < -0.39 is 47.5 Å². The summed E-state index contributed by atoms with van der Waals surface area (Å²) in [6, 6.07) is 25.0. The lowest BCUT2D eigenvalue weighted by molar-refractivity contribution is -0.165. The van der Waals surface area contributed by atoms with Crippen LogP contribution >= 0.6 is 0 Å². The molecule has 0 saturated carbocycles. The van der Waals surface area contributed by atoms with Gasteiger partial charge in [0.1, 0.15) is 6.54 Å². The zero-order valence-electron chi connectivity index (χ0n) is 32.3. The molecule has 318 valence electrons. The number of aliphatic carboxylic acids is 2. The molecule has 1 fully saturated rings. The van der Waals surface area contributed by atoms with E-state index in [0.29, 0.717) is 41.8 Å². The average Bonchev–Trinajstić information content (AvgIpc) is 3.24. The number of nitrogens with zero attached hydrogens (tertiary/aromatic N) is 3. The first-order chi connectivity index (χ1) is 28.5. The predicted octanol–water partition coefficient (Wildman–Crippen LogP) is 6.14. The van der Waals surface area contributed by atoms with Crippen LogP contribution in [0.5, 0.6) is 0 Å². The van der Waals surface area contributed by atoms with E-state index in [9.17, 15) is 41.1 Å². The Morgan fingerprint density at radius 3 is 1.95 bits per heavy atom. The molecule has 11 nitrogen and oxygen atoms in total. The number of hydrogen-bond donors (Lipinski definition) is 4. The minimum Gasteiger partial charge on any atom is -0.479 e. The molecule has 1 saturated heterocycles. The summed E-state index contributed by atoms with van der Waals surface area (Å²) in [6.07, 6.45) is -5.18. The van der Waals surface area contributed by atoms with Crippen molar-refractivity contribution in [3.63, 3.8) is 0 Å². The Hall–Kier alpha value is -5.97. The van der Waals surface area contributed by atoms with Crippen LogP contribution in [0.2, 0.25) is 0 Å². The second-order valence-corrected chi connectivity index (χ2v) is 14.4. The summed E-state index contributed by atoms with van der Waals surface area (Å²) in [5, 5.41) is 33.0. The van der Waals surface area contributed by atoms with Crippen molar-refractivity contribution in [2.24, 2.45) is 0 Å². The van der Waals surface area contributed by atoms with Crippen LogP contribution in [0.3, 0.4) is 0 Å². The standard InChI is InChI=1S/C40H38F5N3O2.C4H6O6/c41-35-9-6-7-31(39(35)42)17-20-33-25-37(49)34-8-2-3-10-36(34)48(33)27-38(50)47(24-23-46-21-4-1-5-22-46)26-28-11-13-29(14-12-28)30-15-18-32(19-16-30)40(43,44)45;5-1(3(7)8)2(6)4(9)10/h2-3,6-16,18-19,25H,1,4-5,17,20-24,26-27H2;1-2,5-6H,(H,7,8)(H,9,10). The number of carboxylic acids is 2. The Labute approximate surface area is 341 Å². The smallest absolute Gasteiger partial charge is 0.416 e. The minimum atomic E-state index is -4.41. The molecular weight excluding hydrogens is 793 g/mol. The number of pyridine rings is 1. The third kappa shape index (κ3) is 11.8. The van der Waals surface area contributed by atoms with Crippen molar-refractivity contribution in [3.8, 4) is 11.1 Å². The summed E-state index contributed by atoms with van der Waals surface area (Å²) in [7, 11) is 0. The molecule has 16 heteroatoms. The largest absolute Gasteiger partial charge is 0.479 e. The number of aryl methyl sites for hydroxylation is 2. The van der Waals surface area contributed by atoms with Gasteiger partial charge in [0.15, 0.2) is 29.3 Å². The van der Waals surface area contributed by atoms with Gasteiger partial charge < -0.3 is 34.8 Å². The quantitative estimate of drug-likeness (QED) is 0.0964. The van der Waals surface area contributed by atoms with Gasteiger partial charge in [-0.15, -0.1) is 0 Å². The lowest BCUT2D eigenvalue weighted by atomic mass is 10.0. The monoisotopic (exact) mass is 837 g/mol. The third-order valence-corrected chi connectivity index (χ3v) is 10.2. The van der Waals surface area contributed by atoms with E-state index in [4.69, 9.17) is 20.4 Å². The number of benzene rings is 4. The molecule has 5 aromatic rings. The van der Waals surface area contributed by atoms with Crippen LogP contribution in [-0.2, 0) is 46.5 Å². The molecular formula is C44H44F5N3O8. The average molecular weight is 838 g/mol. The van der Waals surface area contributed by atoms with Crippen LogP contribution in [-0.4, -0.2) is 91.0 Å². The topological polar surface area (TPSA) is 161 Å².